The second-order valence-electron chi connectivity index (χ2n) is 5.77. The number of hydrogen-bond donors (Lipinski definition) is 1. The van der Waals surface area contributed by atoms with Crippen LogP contribution in [-0.2, 0) is 9.53 Å². The van der Waals surface area contributed by atoms with Gasteiger partial charge in [0.2, 0.25) is 0 Å². The molecule has 118 valence electrons. The van der Waals surface area contributed by atoms with Gasteiger partial charge in [-0.1, -0.05) is 0 Å². The molecule has 0 atom stereocenters. The Labute approximate surface area is 129 Å². The Morgan fingerprint density at radius 2 is 2.18 bits per heavy atom. The zero-order valence-corrected chi connectivity index (χ0v) is 13.1. The van der Waals surface area contributed by atoms with Crippen molar-refractivity contribution < 1.29 is 9.53 Å². The second-order valence-corrected chi connectivity index (χ2v) is 5.77. The van der Waals surface area contributed by atoms with Crippen molar-refractivity contribution in [2.75, 3.05) is 24.6 Å². The fourth-order valence-electron chi connectivity index (χ4n) is 3.08. The van der Waals surface area contributed by atoms with Crippen LogP contribution in [0.3, 0.4) is 0 Å². The molecule has 2 aromatic rings. The van der Waals surface area contributed by atoms with Gasteiger partial charge in [0.25, 0.3) is 0 Å². The van der Waals surface area contributed by atoms with Crippen LogP contribution in [0.25, 0.3) is 11.0 Å². The van der Waals surface area contributed by atoms with E-state index in [0.717, 1.165) is 48.6 Å². The summed E-state index contributed by atoms with van der Waals surface area (Å²) in [5.41, 5.74) is 0.885. The average Bonchev–Trinajstić information content (AvgIpc) is 2.95. The van der Waals surface area contributed by atoms with Crippen molar-refractivity contribution in [3.8, 4) is 0 Å². The van der Waals surface area contributed by atoms with Gasteiger partial charge in [-0.15, -0.1) is 0 Å². The van der Waals surface area contributed by atoms with E-state index in [2.05, 4.69) is 19.9 Å². The lowest BCUT2D eigenvalue weighted by molar-refractivity contribution is -0.144. The zero-order valence-electron chi connectivity index (χ0n) is 13.1. The minimum absolute atomic E-state index is 0.0770. The molecule has 22 heavy (non-hydrogen) atoms. The number of aromatic nitrogens is 3. The van der Waals surface area contributed by atoms with E-state index in [9.17, 15) is 4.79 Å². The number of nitrogens with one attached hydrogen (secondary N) is 1. The summed E-state index contributed by atoms with van der Waals surface area (Å²) in [5.74, 6) is 2.11. The fourth-order valence-corrected chi connectivity index (χ4v) is 3.08. The average molecular weight is 302 g/mol. The van der Waals surface area contributed by atoms with E-state index in [-0.39, 0.29) is 5.97 Å². The summed E-state index contributed by atoms with van der Waals surface area (Å²) in [7, 11) is 0. The lowest BCUT2D eigenvalue weighted by Gasteiger charge is -2.32. The molecule has 2 aromatic heterocycles. The smallest absolute Gasteiger partial charge is 0.306 e. The number of piperidine rings is 1. The molecule has 1 aliphatic heterocycles. The lowest BCUT2D eigenvalue weighted by atomic mass is 9.93. The first-order valence-electron chi connectivity index (χ1n) is 7.89. The number of nitrogens with zero attached hydrogens (tertiary/aromatic N) is 3. The quantitative estimate of drug-likeness (QED) is 0.878. The summed E-state index contributed by atoms with van der Waals surface area (Å²) in [5, 5.41) is 1.06. The Morgan fingerprint density at radius 1 is 1.41 bits per heavy atom. The highest BCUT2D eigenvalue weighted by Crippen LogP contribution is 2.28. The summed E-state index contributed by atoms with van der Waals surface area (Å²) in [6, 6.07) is 2.02. The maximum atomic E-state index is 11.6. The first-order valence-corrected chi connectivity index (χ1v) is 7.89. The van der Waals surface area contributed by atoms with Crippen LogP contribution in [0.15, 0.2) is 12.3 Å². The summed E-state index contributed by atoms with van der Waals surface area (Å²) in [4.78, 5) is 26.1. The van der Waals surface area contributed by atoms with Crippen molar-refractivity contribution in [3.63, 3.8) is 0 Å². The zero-order chi connectivity index (χ0) is 15.5. The Hall–Kier alpha value is -2.11. The molecule has 1 aliphatic rings. The van der Waals surface area contributed by atoms with Gasteiger partial charge in [0.05, 0.1) is 12.0 Å². The number of esters is 1. The molecule has 0 spiro atoms. The predicted octanol–water partition coefficient (Wildman–Crippen LogP) is 2.44. The van der Waals surface area contributed by atoms with Crippen LogP contribution in [0.2, 0.25) is 0 Å². The minimum Gasteiger partial charge on any atom is -0.466 e. The van der Waals surface area contributed by atoms with Crippen LogP contribution in [-0.4, -0.2) is 40.6 Å². The van der Waals surface area contributed by atoms with Gasteiger partial charge in [-0.05, 0) is 38.7 Å². The molecule has 0 radical (unpaired) electrons. The van der Waals surface area contributed by atoms with Gasteiger partial charge in [0.1, 0.15) is 17.3 Å². The highest BCUT2D eigenvalue weighted by molar-refractivity contribution is 5.87. The number of aryl methyl sites for hydroxylation is 1. The fraction of sp³-hybridized carbons (Fsp3) is 0.562. The summed E-state index contributed by atoms with van der Waals surface area (Å²) < 4.78 is 5.04. The van der Waals surface area contributed by atoms with Crippen molar-refractivity contribution >= 4 is 22.8 Å². The predicted molar refractivity (Wildman–Crippen MR) is 84.8 cm³/mol. The summed E-state index contributed by atoms with van der Waals surface area (Å²) in [6.45, 7) is 6.06. The van der Waals surface area contributed by atoms with Crippen LogP contribution in [0, 0.1) is 12.8 Å². The molecule has 1 saturated heterocycles. The van der Waals surface area contributed by atoms with Gasteiger partial charge in [-0.2, -0.15) is 0 Å². The van der Waals surface area contributed by atoms with Gasteiger partial charge < -0.3 is 14.6 Å². The van der Waals surface area contributed by atoms with Crippen molar-refractivity contribution in [1.82, 2.24) is 15.0 Å². The van der Waals surface area contributed by atoms with Gasteiger partial charge in [-0.25, -0.2) is 9.97 Å². The topological polar surface area (TPSA) is 71.1 Å². The molecule has 0 bridgehead atoms. The lowest BCUT2D eigenvalue weighted by Crippen LogP contribution is -2.35. The van der Waals surface area contributed by atoms with E-state index < -0.39 is 0 Å². The molecule has 0 saturated carbocycles. The van der Waals surface area contributed by atoms with Crippen molar-refractivity contribution in [1.29, 1.82) is 0 Å². The molecule has 0 aromatic carbocycles. The van der Waals surface area contributed by atoms with Gasteiger partial charge in [0, 0.05) is 25.7 Å². The van der Waals surface area contributed by atoms with Gasteiger partial charge in [0.15, 0.2) is 0 Å². The molecular weight excluding hydrogens is 280 g/mol. The Balaban J connectivity index is 1.68. The second kappa shape index (κ2) is 6.34. The number of H-pyrrole nitrogens is 1. The Bertz CT molecular complexity index is 659. The number of aromatic amines is 1. The third-order valence-corrected chi connectivity index (χ3v) is 4.18. The van der Waals surface area contributed by atoms with E-state index >= 15 is 0 Å². The minimum atomic E-state index is -0.0770. The number of anilines is 1. The van der Waals surface area contributed by atoms with E-state index in [1.807, 2.05) is 26.1 Å². The van der Waals surface area contributed by atoms with E-state index in [4.69, 9.17) is 4.74 Å². The van der Waals surface area contributed by atoms with Crippen LogP contribution in [0.1, 0.15) is 32.0 Å². The molecule has 1 fully saturated rings. The largest absolute Gasteiger partial charge is 0.466 e. The van der Waals surface area contributed by atoms with Crippen molar-refractivity contribution in [3.05, 3.63) is 18.1 Å². The Kier molecular flexibility index (Phi) is 4.27. The monoisotopic (exact) mass is 302 g/mol. The molecule has 1 N–H and O–H groups in total. The third-order valence-electron chi connectivity index (χ3n) is 4.18. The first-order chi connectivity index (χ1) is 10.7. The molecule has 3 rings (SSSR count). The number of rotatable bonds is 4. The molecule has 0 aliphatic carbocycles. The molecule has 6 nitrogen and oxygen atoms in total. The number of ether oxygens (including phenoxy) is 1. The highest BCUT2D eigenvalue weighted by atomic mass is 16.5. The summed E-state index contributed by atoms with van der Waals surface area (Å²) >= 11 is 0. The molecule has 0 unspecified atom stereocenters. The highest BCUT2D eigenvalue weighted by Gasteiger charge is 2.24. The molecule has 3 heterocycles. The number of carbonyl (C=O) groups is 1. The van der Waals surface area contributed by atoms with Crippen LogP contribution in [0.4, 0.5) is 5.82 Å². The number of fused-ring (bicyclic) bond motifs is 1. The van der Waals surface area contributed by atoms with Gasteiger partial charge >= 0.3 is 5.97 Å². The Morgan fingerprint density at radius 3 is 2.91 bits per heavy atom. The normalized spacial score (nSPS) is 16.2. The third kappa shape index (κ3) is 3.05. The molecule has 6 heteroatoms. The first kappa shape index (κ1) is 14.8. The maximum Gasteiger partial charge on any atom is 0.306 e. The molecular formula is C16H22N4O2. The van der Waals surface area contributed by atoms with Crippen LogP contribution >= 0.6 is 0 Å². The SMILES string of the molecule is CCOC(=O)CC1CCN(c2nc(C)nc3[nH]ccc23)CC1. The molecule has 0 amide bonds. The van der Waals surface area contributed by atoms with Crippen molar-refractivity contribution in [2.24, 2.45) is 5.92 Å². The van der Waals surface area contributed by atoms with Gasteiger partial charge in [-0.3, -0.25) is 4.79 Å². The van der Waals surface area contributed by atoms with E-state index in [1.165, 1.54) is 0 Å². The summed E-state index contributed by atoms with van der Waals surface area (Å²) in [6.07, 6.45) is 4.42. The van der Waals surface area contributed by atoms with E-state index in [1.54, 1.807) is 0 Å². The van der Waals surface area contributed by atoms with Crippen molar-refractivity contribution in [2.45, 2.75) is 33.1 Å². The maximum absolute atomic E-state index is 11.6. The van der Waals surface area contributed by atoms with Crippen LogP contribution < -0.4 is 4.90 Å². The van der Waals surface area contributed by atoms with E-state index in [0.29, 0.717) is 18.9 Å². The number of hydrogen-bond acceptors (Lipinski definition) is 5. The van der Waals surface area contributed by atoms with Crippen LogP contribution in [0.5, 0.6) is 0 Å². The number of carbonyl (C=O) groups excluding carboxylic acids is 1. The standard InChI is InChI=1S/C16H22N4O2/c1-3-22-14(21)10-12-5-8-20(9-6-12)16-13-4-7-17-15(13)18-11(2)19-16/h4,7,12H,3,5-6,8-10H2,1-2H3,(H,17,18,19).